The van der Waals surface area contributed by atoms with Crippen LogP contribution in [-0.4, -0.2) is 71.5 Å². The second-order valence-corrected chi connectivity index (χ2v) is 7.76. The molecule has 10 nitrogen and oxygen atoms in total. The zero-order chi connectivity index (χ0) is 16.4. The number of amides is 1. The fraction of sp³-hybridized carbons (Fsp3) is 0.889. The summed E-state index contributed by atoms with van der Waals surface area (Å²) in [7, 11) is -8.02. The van der Waals surface area contributed by atoms with Crippen molar-refractivity contribution >= 4 is 26.1 Å². The lowest BCUT2D eigenvalue weighted by Crippen LogP contribution is -2.61. The monoisotopic (exact) mass is 347 g/mol. The normalized spacial score (nSPS) is 30.9. The first kappa shape index (κ1) is 18.3. The molecule has 2 N–H and O–H groups in total. The van der Waals surface area contributed by atoms with Gasteiger partial charge < -0.3 is 15.2 Å². The van der Waals surface area contributed by atoms with Gasteiger partial charge in [-0.25, -0.2) is 0 Å². The number of aliphatic hydroxyl groups excluding tert-OH is 1. The summed E-state index contributed by atoms with van der Waals surface area (Å²) in [6, 6.07) is -1.01. The lowest BCUT2D eigenvalue weighted by Gasteiger charge is -2.38. The summed E-state index contributed by atoms with van der Waals surface area (Å²) in [4.78, 5) is 11.1. The highest BCUT2D eigenvalue weighted by Crippen LogP contribution is 2.23. The Morgan fingerprint density at radius 1 is 1.14 bits per heavy atom. The average Bonchev–Trinajstić information content (AvgIpc) is 2.23. The Kier molecular flexibility index (Phi) is 5.69. The van der Waals surface area contributed by atoms with Gasteiger partial charge >= 0.3 is 0 Å². The zero-order valence-electron chi connectivity index (χ0n) is 11.5. The molecule has 0 aromatic carbocycles. The molecular weight excluding hydrogens is 330 g/mol. The summed E-state index contributed by atoms with van der Waals surface area (Å²) in [5.74, 6) is -0.514. The molecule has 1 saturated heterocycles. The van der Waals surface area contributed by atoms with Gasteiger partial charge in [0.25, 0.3) is 20.2 Å². The molecule has 21 heavy (non-hydrogen) atoms. The van der Waals surface area contributed by atoms with Crippen molar-refractivity contribution < 1.29 is 39.8 Å². The minimum atomic E-state index is -4.02. The van der Waals surface area contributed by atoms with E-state index in [0.717, 1.165) is 12.5 Å². The first-order valence-corrected chi connectivity index (χ1v) is 9.35. The summed E-state index contributed by atoms with van der Waals surface area (Å²) < 4.78 is 59.2. The van der Waals surface area contributed by atoms with Crippen LogP contribution in [0.5, 0.6) is 0 Å². The summed E-state index contributed by atoms with van der Waals surface area (Å²) in [5, 5.41) is 12.0. The Morgan fingerprint density at radius 2 is 1.62 bits per heavy atom. The van der Waals surface area contributed by atoms with Gasteiger partial charge in [-0.1, -0.05) is 0 Å². The van der Waals surface area contributed by atoms with Crippen LogP contribution in [0.3, 0.4) is 0 Å². The van der Waals surface area contributed by atoms with E-state index in [1.807, 2.05) is 0 Å². The van der Waals surface area contributed by atoms with Crippen LogP contribution < -0.4 is 5.32 Å². The van der Waals surface area contributed by atoms with Crippen molar-refractivity contribution in [3.63, 3.8) is 0 Å². The lowest BCUT2D eigenvalue weighted by atomic mass is 10.0. The van der Waals surface area contributed by atoms with E-state index in [1.165, 1.54) is 6.92 Å². The van der Waals surface area contributed by atoms with Crippen molar-refractivity contribution in [2.75, 3.05) is 19.1 Å². The molecule has 0 bridgehead atoms. The maximum Gasteiger partial charge on any atom is 0.264 e. The van der Waals surface area contributed by atoms with E-state index in [1.54, 1.807) is 0 Å². The van der Waals surface area contributed by atoms with Crippen molar-refractivity contribution in [1.29, 1.82) is 0 Å². The highest BCUT2D eigenvalue weighted by molar-refractivity contribution is 7.86. The van der Waals surface area contributed by atoms with Crippen LogP contribution in [0.4, 0.5) is 0 Å². The molecule has 124 valence electrons. The molecule has 1 amide bonds. The van der Waals surface area contributed by atoms with Crippen molar-refractivity contribution in [3.8, 4) is 0 Å². The summed E-state index contributed by atoms with van der Waals surface area (Å²) in [5.41, 5.74) is 0. The molecule has 1 fully saturated rings. The molecule has 1 aliphatic heterocycles. The minimum Gasteiger partial charge on any atom is -0.366 e. The minimum absolute atomic E-state index is 0.273. The highest BCUT2D eigenvalue weighted by Gasteiger charge is 2.45. The third-order valence-corrected chi connectivity index (χ3v) is 3.55. The number of hydrogen-bond acceptors (Lipinski definition) is 9. The van der Waals surface area contributed by atoms with E-state index in [9.17, 15) is 26.7 Å². The van der Waals surface area contributed by atoms with Crippen molar-refractivity contribution in [2.45, 2.75) is 31.5 Å². The van der Waals surface area contributed by atoms with Crippen LogP contribution in [0.2, 0.25) is 0 Å². The van der Waals surface area contributed by atoms with E-state index >= 15 is 0 Å². The van der Waals surface area contributed by atoms with Crippen molar-refractivity contribution in [1.82, 2.24) is 5.32 Å². The van der Waals surface area contributed by atoms with Gasteiger partial charge in [0.1, 0.15) is 6.10 Å². The van der Waals surface area contributed by atoms with E-state index in [-0.39, 0.29) is 6.61 Å². The maximum atomic E-state index is 11.3. The zero-order valence-corrected chi connectivity index (χ0v) is 13.2. The number of nitrogens with one attached hydrogen (secondary N) is 1. The smallest absolute Gasteiger partial charge is 0.264 e. The van der Waals surface area contributed by atoms with Gasteiger partial charge in [-0.3, -0.25) is 13.2 Å². The molecule has 1 rings (SSSR count). The molecule has 0 radical (unpaired) electrons. The van der Waals surface area contributed by atoms with Gasteiger partial charge in [0, 0.05) is 6.92 Å². The second-order valence-electron chi connectivity index (χ2n) is 4.56. The van der Waals surface area contributed by atoms with E-state index in [2.05, 4.69) is 9.50 Å². The van der Waals surface area contributed by atoms with Gasteiger partial charge in [0.2, 0.25) is 5.91 Å². The number of carbonyl (C=O) groups excluding carboxylic acids is 1. The molecule has 1 heterocycles. The number of aliphatic hydroxyl groups is 1. The largest absolute Gasteiger partial charge is 0.366 e. The first-order chi connectivity index (χ1) is 9.39. The highest BCUT2D eigenvalue weighted by atomic mass is 32.2. The summed E-state index contributed by atoms with van der Waals surface area (Å²) >= 11 is 0. The molecule has 0 unspecified atom stereocenters. The van der Waals surface area contributed by atoms with Crippen LogP contribution in [-0.2, 0) is 38.1 Å². The van der Waals surface area contributed by atoms with Crippen LogP contribution in [0.15, 0.2) is 0 Å². The number of ether oxygens (including phenoxy) is 1. The topological polar surface area (TPSA) is 145 Å². The van der Waals surface area contributed by atoms with Gasteiger partial charge in [-0.2, -0.15) is 16.8 Å². The molecule has 0 saturated carbocycles. The second kappa shape index (κ2) is 6.54. The fourth-order valence-electron chi connectivity index (χ4n) is 1.80. The Balaban J connectivity index is 3.09. The number of hydrogen-bond donors (Lipinski definition) is 2. The Bertz CT molecular complexity index is 584. The molecule has 12 heteroatoms. The quantitative estimate of drug-likeness (QED) is 0.517. The van der Waals surface area contributed by atoms with Crippen molar-refractivity contribution in [2.24, 2.45) is 0 Å². The third kappa shape index (κ3) is 6.23. The predicted octanol–water partition coefficient (Wildman–Crippen LogP) is -2.47. The molecule has 0 aromatic rings. The van der Waals surface area contributed by atoms with Crippen LogP contribution in [0.1, 0.15) is 6.92 Å². The SMILES string of the molecule is CC(=O)N[C@@H]1CO[C@H](O)[C@H](OS(C)(=O)=O)[C@H]1OS(C)(=O)=O. The summed E-state index contributed by atoms with van der Waals surface area (Å²) in [6.07, 6.45) is -3.35. The van der Waals surface area contributed by atoms with Crippen LogP contribution in [0.25, 0.3) is 0 Å². The Morgan fingerprint density at radius 3 is 2.05 bits per heavy atom. The van der Waals surface area contributed by atoms with E-state index in [0.29, 0.717) is 0 Å². The molecular formula is C9H17NO9S2. The Hall–Kier alpha value is -0.790. The lowest BCUT2D eigenvalue weighted by molar-refractivity contribution is -0.214. The molecule has 4 atom stereocenters. The van der Waals surface area contributed by atoms with Crippen LogP contribution >= 0.6 is 0 Å². The van der Waals surface area contributed by atoms with Gasteiger partial charge in [-0.05, 0) is 0 Å². The molecule has 0 spiro atoms. The standard InChI is InChI=1S/C9H17NO9S2/c1-5(11)10-6-4-17-9(12)8(19-21(3,15)16)7(6)18-20(2,13)14/h6-9,12H,4H2,1-3H3,(H,10,11)/t6-,7+,8-,9+/m1/s1. The van der Waals surface area contributed by atoms with Crippen LogP contribution in [0, 0.1) is 0 Å². The van der Waals surface area contributed by atoms with E-state index < -0.39 is 50.7 Å². The van der Waals surface area contributed by atoms with Crippen molar-refractivity contribution in [3.05, 3.63) is 0 Å². The van der Waals surface area contributed by atoms with Gasteiger partial charge in [0.05, 0.1) is 25.2 Å². The summed E-state index contributed by atoms with van der Waals surface area (Å²) in [6.45, 7) is 0.902. The van der Waals surface area contributed by atoms with Gasteiger partial charge in [0.15, 0.2) is 12.4 Å². The van der Waals surface area contributed by atoms with E-state index in [4.69, 9.17) is 8.92 Å². The third-order valence-electron chi connectivity index (χ3n) is 2.41. The fourth-order valence-corrected chi connectivity index (χ4v) is 3.05. The maximum absolute atomic E-state index is 11.3. The molecule has 0 aliphatic carbocycles. The first-order valence-electron chi connectivity index (χ1n) is 5.72. The molecule has 0 aromatic heterocycles. The van der Waals surface area contributed by atoms with Gasteiger partial charge in [-0.15, -0.1) is 0 Å². The average molecular weight is 347 g/mol. The molecule has 1 aliphatic rings. The predicted molar refractivity (Wildman–Crippen MR) is 69.0 cm³/mol. The number of carbonyl (C=O) groups is 1. The number of rotatable bonds is 5. The Labute approximate surface area is 122 Å².